The van der Waals surface area contributed by atoms with Crippen molar-refractivity contribution in [3.8, 4) is 17.1 Å². The molecule has 2 heterocycles. The molecule has 0 aliphatic heterocycles. The van der Waals surface area contributed by atoms with Crippen LogP contribution in [0.5, 0.6) is 5.75 Å². The minimum absolute atomic E-state index is 0.365. The third-order valence-corrected chi connectivity index (χ3v) is 8.01. The van der Waals surface area contributed by atoms with Crippen LogP contribution in [-0.2, 0) is 9.59 Å². The van der Waals surface area contributed by atoms with Gasteiger partial charge in [0.05, 0.1) is 18.0 Å². The number of carboxylic acids is 1. The van der Waals surface area contributed by atoms with Gasteiger partial charge in [0, 0.05) is 46.1 Å². The second-order valence-electron chi connectivity index (χ2n) is 11.6. The molecule has 2 aromatic heterocycles. The number of carbonyl (C=O) groups is 3. The van der Waals surface area contributed by atoms with E-state index in [0.717, 1.165) is 41.2 Å². The summed E-state index contributed by atoms with van der Waals surface area (Å²) < 4.78 is 5.64. The third kappa shape index (κ3) is 6.83. The number of rotatable bonds is 10. The number of carboxylic acid groups (broad SMARTS) is 1. The predicted octanol–water partition coefficient (Wildman–Crippen LogP) is 6.92. The highest BCUT2D eigenvalue weighted by Gasteiger charge is 2.31. The van der Waals surface area contributed by atoms with E-state index in [-0.39, 0.29) is 5.91 Å². The molecule has 1 fully saturated rings. The summed E-state index contributed by atoms with van der Waals surface area (Å²) in [6.07, 6.45) is 10.2. The van der Waals surface area contributed by atoms with Gasteiger partial charge in [-0.3, -0.25) is 14.6 Å². The molecule has 1 saturated carbocycles. The van der Waals surface area contributed by atoms with Crippen LogP contribution in [0.4, 0.5) is 5.69 Å². The Bertz CT molecular complexity index is 1700. The van der Waals surface area contributed by atoms with Crippen LogP contribution in [0.3, 0.4) is 0 Å². The molecule has 44 heavy (non-hydrogen) atoms. The second kappa shape index (κ2) is 13.2. The van der Waals surface area contributed by atoms with Crippen LogP contribution in [0.2, 0.25) is 0 Å². The summed E-state index contributed by atoms with van der Waals surface area (Å²) in [5.41, 5.74) is 4.23. The molecular weight excluding hydrogens is 556 g/mol. The Labute approximate surface area is 256 Å². The summed E-state index contributed by atoms with van der Waals surface area (Å²) in [5.74, 6) is -0.996. The first-order chi connectivity index (χ1) is 21.2. The molecule has 1 aliphatic rings. The molecule has 0 bridgehead atoms. The van der Waals surface area contributed by atoms with Crippen LogP contribution >= 0.6 is 0 Å². The van der Waals surface area contributed by atoms with Crippen molar-refractivity contribution in [1.82, 2.24) is 15.3 Å². The van der Waals surface area contributed by atoms with Crippen LogP contribution in [0.15, 0.2) is 66.9 Å². The van der Waals surface area contributed by atoms with Crippen LogP contribution in [0, 0.1) is 0 Å². The number of pyridine rings is 1. The van der Waals surface area contributed by atoms with Gasteiger partial charge < -0.3 is 25.5 Å². The highest BCUT2D eigenvalue weighted by atomic mass is 16.5. The van der Waals surface area contributed by atoms with E-state index in [1.165, 1.54) is 30.9 Å². The van der Waals surface area contributed by atoms with E-state index >= 15 is 0 Å². The van der Waals surface area contributed by atoms with Crippen LogP contribution in [0.1, 0.15) is 80.3 Å². The van der Waals surface area contributed by atoms with Gasteiger partial charge in [-0.1, -0.05) is 31.4 Å². The van der Waals surface area contributed by atoms with E-state index in [2.05, 4.69) is 20.6 Å². The van der Waals surface area contributed by atoms with Gasteiger partial charge in [-0.25, -0.2) is 4.79 Å². The Morgan fingerprint density at radius 2 is 1.86 bits per heavy atom. The van der Waals surface area contributed by atoms with Crippen molar-refractivity contribution in [3.05, 3.63) is 83.6 Å². The number of ether oxygens (including phenoxy) is 1. The lowest BCUT2D eigenvalue weighted by Gasteiger charge is -2.25. The van der Waals surface area contributed by atoms with Crippen molar-refractivity contribution >= 4 is 40.4 Å². The number of hydrogen-bond acceptors (Lipinski definition) is 5. The number of aromatic amines is 1. The maximum atomic E-state index is 13.4. The van der Waals surface area contributed by atoms with Crippen molar-refractivity contribution in [2.45, 2.75) is 64.3 Å². The van der Waals surface area contributed by atoms with Crippen molar-refractivity contribution in [1.29, 1.82) is 0 Å². The minimum atomic E-state index is -1.25. The Morgan fingerprint density at radius 3 is 2.57 bits per heavy atom. The Morgan fingerprint density at radius 1 is 1.07 bits per heavy atom. The fraction of sp³-hybridized carbons (Fsp3) is 0.314. The molecule has 4 N–H and O–H groups in total. The quantitative estimate of drug-likeness (QED) is 0.147. The lowest BCUT2D eigenvalue weighted by Crippen LogP contribution is -2.52. The molecule has 9 nitrogen and oxygen atoms in total. The molecule has 9 heteroatoms. The van der Waals surface area contributed by atoms with Gasteiger partial charge in [0.15, 0.2) is 0 Å². The number of fused-ring (bicyclic) bond motifs is 1. The molecule has 0 radical (unpaired) electrons. The summed E-state index contributed by atoms with van der Waals surface area (Å²) in [7, 11) is 0. The zero-order valence-corrected chi connectivity index (χ0v) is 25.3. The van der Waals surface area contributed by atoms with Gasteiger partial charge in [-0.2, -0.15) is 0 Å². The van der Waals surface area contributed by atoms with Gasteiger partial charge in [0.2, 0.25) is 5.91 Å². The Kier molecular flexibility index (Phi) is 9.13. The predicted molar refractivity (Wildman–Crippen MR) is 172 cm³/mol. The van der Waals surface area contributed by atoms with Crippen LogP contribution < -0.4 is 15.4 Å². The molecule has 0 atom stereocenters. The molecule has 4 aromatic rings. The molecule has 5 rings (SSSR count). The smallest absolute Gasteiger partial charge is 0.328 e. The van der Waals surface area contributed by atoms with Crippen molar-refractivity contribution in [3.63, 3.8) is 0 Å². The number of anilines is 1. The standard InChI is InChI=1S/C35H38N4O5/c1-4-44-29-21-25(16-13-22(29)15-18-30(40)41)37-34(43)35(2,3)39-33(42)24-14-17-26-28(20-24)38-32(27-12-8-9-19-36-27)31(26)23-10-6-5-7-11-23/h8-9,12-21,23,38H,4-7,10-11H2,1-3H3,(H,37,43)(H,39,42)(H,40,41)/b18-15+. The average molecular weight is 595 g/mol. The number of benzene rings is 2. The minimum Gasteiger partial charge on any atom is -0.493 e. The number of nitrogens with zero attached hydrogens (tertiary/aromatic N) is 1. The Hall–Kier alpha value is -4.92. The fourth-order valence-electron chi connectivity index (χ4n) is 5.78. The fourth-order valence-corrected chi connectivity index (χ4v) is 5.78. The number of aromatic nitrogens is 2. The summed E-state index contributed by atoms with van der Waals surface area (Å²) in [5, 5.41) is 15.8. The molecule has 2 aromatic carbocycles. The zero-order chi connectivity index (χ0) is 31.3. The zero-order valence-electron chi connectivity index (χ0n) is 25.3. The monoisotopic (exact) mass is 594 g/mol. The van der Waals surface area contributed by atoms with Gasteiger partial charge in [-0.05, 0) is 87.6 Å². The van der Waals surface area contributed by atoms with Gasteiger partial charge in [0.25, 0.3) is 5.91 Å². The molecular formula is C35H38N4O5. The molecule has 1 aliphatic carbocycles. The van der Waals surface area contributed by atoms with E-state index in [1.54, 1.807) is 38.2 Å². The third-order valence-electron chi connectivity index (χ3n) is 8.01. The first-order valence-corrected chi connectivity index (χ1v) is 15.0. The topological polar surface area (TPSA) is 133 Å². The average Bonchev–Trinajstić information content (AvgIpc) is 3.40. The van der Waals surface area contributed by atoms with E-state index in [1.807, 2.05) is 43.3 Å². The summed E-state index contributed by atoms with van der Waals surface area (Å²) in [6, 6.07) is 16.5. The van der Waals surface area contributed by atoms with Crippen LogP contribution in [-0.4, -0.2) is 45.0 Å². The SMILES string of the molecule is CCOc1cc(NC(=O)C(C)(C)NC(=O)c2ccc3c(C4CCCCC4)c(-c4ccccn4)[nH]c3c2)ccc1/C=C/C(=O)O. The van der Waals surface area contributed by atoms with E-state index < -0.39 is 17.4 Å². The molecule has 228 valence electrons. The first-order valence-electron chi connectivity index (χ1n) is 15.0. The number of H-pyrrole nitrogens is 1. The van der Waals surface area contributed by atoms with Crippen molar-refractivity contribution in [2.24, 2.45) is 0 Å². The van der Waals surface area contributed by atoms with Gasteiger partial charge in [-0.15, -0.1) is 0 Å². The van der Waals surface area contributed by atoms with Crippen molar-refractivity contribution < 1.29 is 24.2 Å². The molecule has 0 saturated heterocycles. The van der Waals surface area contributed by atoms with E-state index in [0.29, 0.717) is 35.1 Å². The second-order valence-corrected chi connectivity index (χ2v) is 11.6. The normalized spacial score (nSPS) is 14.1. The Balaban J connectivity index is 1.36. The lowest BCUT2D eigenvalue weighted by molar-refractivity contribution is -0.131. The lowest BCUT2D eigenvalue weighted by atomic mass is 9.82. The van der Waals surface area contributed by atoms with E-state index in [4.69, 9.17) is 9.84 Å². The summed E-state index contributed by atoms with van der Waals surface area (Å²) >= 11 is 0. The van der Waals surface area contributed by atoms with E-state index in [9.17, 15) is 14.4 Å². The van der Waals surface area contributed by atoms with Gasteiger partial charge in [0.1, 0.15) is 11.3 Å². The molecule has 0 spiro atoms. The summed E-state index contributed by atoms with van der Waals surface area (Å²) in [6.45, 7) is 5.46. The molecule has 2 amide bonds. The van der Waals surface area contributed by atoms with Crippen LogP contribution in [0.25, 0.3) is 28.4 Å². The van der Waals surface area contributed by atoms with Crippen molar-refractivity contribution in [2.75, 3.05) is 11.9 Å². The number of nitrogens with one attached hydrogen (secondary N) is 3. The van der Waals surface area contributed by atoms with Gasteiger partial charge >= 0.3 is 5.97 Å². The first kappa shape index (κ1) is 30.5. The highest BCUT2D eigenvalue weighted by Crippen LogP contribution is 2.42. The molecule has 0 unspecified atom stereocenters. The number of amides is 2. The largest absolute Gasteiger partial charge is 0.493 e. The number of hydrogen-bond donors (Lipinski definition) is 4. The number of aliphatic carboxylic acids is 1. The maximum Gasteiger partial charge on any atom is 0.328 e. The maximum absolute atomic E-state index is 13.4. The summed E-state index contributed by atoms with van der Waals surface area (Å²) in [4.78, 5) is 45.8. The number of carbonyl (C=O) groups excluding carboxylic acids is 2. The highest BCUT2D eigenvalue weighted by molar-refractivity contribution is 6.05.